The number of carbonyl (C=O) groups is 4. The molecule has 0 unspecified atom stereocenters. The van der Waals surface area contributed by atoms with Crippen LogP contribution in [-0.4, -0.2) is 35.1 Å². The molecule has 0 saturated carbocycles. The SMILES string of the molecule is C[C@@H](CC(=O)NCc1cccc2ccccc12)NC(=O)[C@@H](CC(=O)CCc1ccccc1)CC(=O)NC(C)(C)C. The molecule has 0 aliphatic rings. The summed E-state index contributed by atoms with van der Waals surface area (Å²) in [7, 11) is 0. The quantitative estimate of drug-likeness (QED) is 0.286. The summed E-state index contributed by atoms with van der Waals surface area (Å²) in [6.07, 6.45) is 0.825. The summed E-state index contributed by atoms with van der Waals surface area (Å²) in [4.78, 5) is 51.3. The molecule has 3 aromatic carbocycles. The Morgan fingerprint density at radius 2 is 1.45 bits per heavy atom. The number of ketones is 1. The van der Waals surface area contributed by atoms with Gasteiger partial charge in [0.15, 0.2) is 0 Å². The van der Waals surface area contributed by atoms with Crippen molar-refractivity contribution in [3.8, 4) is 0 Å². The number of nitrogens with one attached hydrogen (secondary N) is 3. The van der Waals surface area contributed by atoms with Gasteiger partial charge in [-0.2, -0.15) is 0 Å². The maximum absolute atomic E-state index is 13.2. The van der Waals surface area contributed by atoms with Crippen LogP contribution in [0.2, 0.25) is 0 Å². The zero-order chi connectivity index (χ0) is 29.1. The Morgan fingerprint density at radius 1 is 0.775 bits per heavy atom. The van der Waals surface area contributed by atoms with Crippen molar-refractivity contribution in [1.29, 1.82) is 0 Å². The monoisotopic (exact) mass is 543 g/mol. The molecule has 0 aliphatic heterocycles. The summed E-state index contributed by atoms with van der Waals surface area (Å²) in [5.41, 5.74) is 1.61. The fourth-order valence-electron chi connectivity index (χ4n) is 4.66. The topological polar surface area (TPSA) is 104 Å². The first-order chi connectivity index (χ1) is 19.0. The Morgan fingerprint density at radius 3 is 2.17 bits per heavy atom. The van der Waals surface area contributed by atoms with E-state index in [1.165, 1.54) is 0 Å². The van der Waals surface area contributed by atoms with Crippen molar-refractivity contribution in [2.75, 3.05) is 0 Å². The van der Waals surface area contributed by atoms with Crippen molar-refractivity contribution >= 4 is 34.3 Å². The predicted molar refractivity (Wildman–Crippen MR) is 158 cm³/mol. The zero-order valence-electron chi connectivity index (χ0n) is 24.0. The summed E-state index contributed by atoms with van der Waals surface area (Å²) in [5.74, 6) is -1.77. The number of Topliss-reactive ketones (excluding diaryl/α,β-unsaturated/α-hetero) is 1. The van der Waals surface area contributed by atoms with Gasteiger partial charge in [0.1, 0.15) is 5.78 Å². The van der Waals surface area contributed by atoms with Crippen molar-refractivity contribution in [1.82, 2.24) is 16.0 Å². The first-order valence-electron chi connectivity index (χ1n) is 13.9. The Labute approximate surface area is 237 Å². The first kappa shape index (κ1) is 30.5. The molecule has 0 fully saturated rings. The molecule has 3 amide bonds. The van der Waals surface area contributed by atoms with Crippen LogP contribution in [0.25, 0.3) is 10.8 Å². The Hall–Kier alpha value is -4.00. The molecule has 0 spiro atoms. The van der Waals surface area contributed by atoms with Crippen LogP contribution in [0.1, 0.15) is 64.5 Å². The lowest BCUT2D eigenvalue weighted by atomic mass is 9.93. The third-order valence-corrected chi connectivity index (χ3v) is 6.56. The van der Waals surface area contributed by atoms with Crippen molar-refractivity contribution in [2.45, 2.75) is 77.9 Å². The smallest absolute Gasteiger partial charge is 0.224 e. The lowest BCUT2D eigenvalue weighted by molar-refractivity contribution is -0.134. The van der Waals surface area contributed by atoms with Crippen LogP contribution in [0, 0.1) is 5.92 Å². The number of carbonyl (C=O) groups excluding carboxylic acids is 4. The fraction of sp³-hybridized carbons (Fsp3) is 0.394. The van der Waals surface area contributed by atoms with Gasteiger partial charge in [0.25, 0.3) is 0 Å². The van der Waals surface area contributed by atoms with Gasteiger partial charge in [-0.3, -0.25) is 19.2 Å². The number of fused-ring (bicyclic) bond motifs is 1. The van der Waals surface area contributed by atoms with Crippen LogP contribution in [0.3, 0.4) is 0 Å². The average molecular weight is 544 g/mol. The van der Waals surface area contributed by atoms with Crippen molar-refractivity contribution in [3.63, 3.8) is 0 Å². The fourth-order valence-corrected chi connectivity index (χ4v) is 4.66. The van der Waals surface area contributed by atoms with Gasteiger partial charge in [0, 0.05) is 43.8 Å². The number of aryl methyl sites for hydroxylation is 1. The molecule has 7 nitrogen and oxygen atoms in total. The predicted octanol–water partition coefficient (Wildman–Crippen LogP) is 4.86. The van der Waals surface area contributed by atoms with Crippen LogP contribution >= 0.6 is 0 Å². The maximum atomic E-state index is 13.2. The number of hydrogen-bond donors (Lipinski definition) is 3. The van der Waals surface area contributed by atoms with Gasteiger partial charge in [0.2, 0.25) is 17.7 Å². The standard InChI is InChI=1S/C33H41N3O4/c1-23(19-30(38)34-22-26-15-10-14-25-13-8-9-16-29(25)26)35-32(40)27(21-31(39)36-33(2,3)4)20-28(37)18-17-24-11-6-5-7-12-24/h5-16,23,27H,17-22H2,1-4H3,(H,34,38)(H,35,40)(H,36,39)/t23-,27-/m0/s1. The largest absolute Gasteiger partial charge is 0.353 e. The van der Waals surface area contributed by atoms with E-state index in [4.69, 9.17) is 0 Å². The summed E-state index contributed by atoms with van der Waals surface area (Å²) in [5, 5.41) is 10.9. The molecule has 0 aliphatic carbocycles. The number of rotatable bonds is 13. The number of amides is 3. The molecule has 3 rings (SSSR count). The van der Waals surface area contributed by atoms with Crippen molar-refractivity contribution < 1.29 is 19.2 Å². The number of benzene rings is 3. The third kappa shape index (κ3) is 10.3. The Bertz CT molecular complexity index is 1310. The highest BCUT2D eigenvalue weighted by Crippen LogP contribution is 2.18. The van der Waals surface area contributed by atoms with Gasteiger partial charge < -0.3 is 16.0 Å². The van der Waals surface area contributed by atoms with Gasteiger partial charge in [0.05, 0.1) is 5.92 Å². The van der Waals surface area contributed by atoms with Crippen molar-refractivity contribution in [2.24, 2.45) is 5.92 Å². The van der Waals surface area contributed by atoms with Gasteiger partial charge in [-0.15, -0.1) is 0 Å². The minimum absolute atomic E-state index is 0.0315. The second-order valence-electron chi connectivity index (χ2n) is 11.5. The molecule has 3 aromatic rings. The van der Waals surface area contributed by atoms with Gasteiger partial charge in [-0.25, -0.2) is 0 Å². The maximum Gasteiger partial charge on any atom is 0.224 e. The average Bonchev–Trinajstić information content (AvgIpc) is 2.89. The molecule has 40 heavy (non-hydrogen) atoms. The number of hydrogen-bond acceptors (Lipinski definition) is 4. The van der Waals surface area contributed by atoms with E-state index in [1.807, 2.05) is 93.6 Å². The molecule has 0 bridgehead atoms. The molecule has 212 valence electrons. The van der Waals surface area contributed by atoms with Gasteiger partial charge in [-0.05, 0) is 56.0 Å². The van der Waals surface area contributed by atoms with E-state index in [2.05, 4.69) is 16.0 Å². The van der Waals surface area contributed by atoms with Gasteiger partial charge >= 0.3 is 0 Å². The third-order valence-electron chi connectivity index (χ3n) is 6.56. The molecule has 0 heterocycles. The molecule has 0 aromatic heterocycles. The lowest BCUT2D eigenvalue weighted by Crippen LogP contribution is -2.45. The summed E-state index contributed by atoms with van der Waals surface area (Å²) >= 11 is 0. The first-order valence-corrected chi connectivity index (χ1v) is 13.9. The molecule has 3 N–H and O–H groups in total. The van der Waals surface area contributed by atoms with Gasteiger partial charge in [-0.1, -0.05) is 72.8 Å². The molecule has 2 atom stereocenters. The Balaban J connectivity index is 1.55. The second-order valence-corrected chi connectivity index (χ2v) is 11.5. The zero-order valence-corrected chi connectivity index (χ0v) is 24.0. The second kappa shape index (κ2) is 14.4. The highest BCUT2D eigenvalue weighted by molar-refractivity contribution is 5.91. The van der Waals surface area contributed by atoms with Crippen molar-refractivity contribution in [3.05, 3.63) is 83.9 Å². The van der Waals surface area contributed by atoms with E-state index < -0.39 is 23.4 Å². The van der Waals surface area contributed by atoms with E-state index in [1.54, 1.807) is 6.92 Å². The molecular formula is C33H41N3O4. The van der Waals surface area contributed by atoms with E-state index in [0.717, 1.165) is 21.9 Å². The summed E-state index contributed by atoms with van der Waals surface area (Å²) in [6, 6.07) is 23.2. The Kier molecular flexibility index (Phi) is 11.0. The minimum atomic E-state index is -0.813. The molecular weight excluding hydrogens is 502 g/mol. The normalized spacial score (nSPS) is 12.8. The minimum Gasteiger partial charge on any atom is -0.353 e. The molecule has 0 saturated heterocycles. The van der Waals surface area contributed by atoms with Crippen LogP contribution in [0.5, 0.6) is 0 Å². The molecule has 0 radical (unpaired) electrons. The van der Waals surface area contributed by atoms with Crippen LogP contribution in [0.15, 0.2) is 72.8 Å². The van der Waals surface area contributed by atoms with Crippen LogP contribution < -0.4 is 16.0 Å². The molecule has 7 heteroatoms. The lowest BCUT2D eigenvalue weighted by Gasteiger charge is -2.24. The highest BCUT2D eigenvalue weighted by atomic mass is 16.2. The summed E-state index contributed by atoms with van der Waals surface area (Å²) in [6.45, 7) is 7.73. The highest BCUT2D eigenvalue weighted by Gasteiger charge is 2.27. The van der Waals surface area contributed by atoms with E-state index in [0.29, 0.717) is 19.4 Å². The van der Waals surface area contributed by atoms with E-state index in [-0.39, 0.29) is 36.9 Å². The van der Waals surface area contributed by atoms with Crippen LogP contribution in [0.4, 0.5) is 0 Å². The summed E-state index contributed by atoms with van der Waals surface area (Å²) < 4.78 is 0. The van der Waals surface area contributed by atoms with Crippen LogP contribution in [-0.2, 0) is 32.1 Å². The van der Waals surface area contributed by atoms with E-state index in [9.17, 15) is 19.2 Å². The van der Waals surface area contributed by atoms with E-state index >= 15 is 0 Å².